The monoisotopic (exact) mass is 463 g/mol. The number of carbonyl (C=O) groups excluding carboxylic acids is 2. The summed E-state index contributed by atoms with van der Waals surface area (Å²) in [5, 5.41) is 11.8. The van der Waals surface area contributed by atoms with Crippen LogP contribution < -0.4 is 5.32 Å². The number of carbonyl (C=O) groups is 2. The minimum absolute atomic E-state index is 0.0788. The van der Waals surface area contributed by atoms with E-state index in [0.717, 1.165) is 27.9 Å². The summed E-state index contributed by atoms with van der Waals surface area (Å²) < 4.78 is 4.73. The van der Waals surface area contributed by atoms with Gasteiger partial charge in [-0.3, -0.25) is 4.79 Å². The Balaban J connectivity index is 1.37. The SMILES string of the molecule is COC(=O)c1ccc(NCC(=O)N2N=C(c3ccc4ccccc4c3)C[C@H]2c2ccccc2)cc1. The molecule has 0 bridgehead atoms. The average molecular weight is 464 g/mol. The van der Waals surface area contributed by atoms with Gasteiger partial charge in [0.05, 0.1) is 31.0 Å². The number of benzene rings is 4. The normalized spacial score (nSPS) is 15.1. The number of ether oxygens (including phenoxy) is 1. The Morgan fingerprint density at radius 1 is 0.914 bits per heavy atom. The first-order valence-corrected chi connectivity index (χ1v) is 11.5. The van der Waals surface area contributed by atoms with Gasteiger partial charge in [0.15, 0.2) is 0 Å². The smallest absolute Gasteiger partial charge is 0.337 e. The molecule has 0 saturated heterocycles. The van der Waals surface area contributed by atoms with E-state index < -0.39 is 5.97 Å². The molecule has 0 unspecified atom stereocenters. The van der Waals surface area contributed by atoms with E-state index in [4.69, 9.17) is 9.84 Å². The lowest BCUT2D eigenvalue weighted by Crippen LogP contribution is -2.32. The number of fused-ring (bicyclic) bond motifs is 1. The van der Waals surface area contributed by atoms with Gasteiger partial charge in [-0.15, -0.1) is 0 Å². The van der Waals surface area contributed by atoms with Crippen molar-refractivity contribution in [1.82, 2.24) is 5.01 Å². The molecule has 35 heavy (non-hydrogen) atoms. The molecule has 6 heteroatoms. The second-order valence-electron chi connectivity index (χ2n) is 8.40. The summed E-state index contributed by atoms with van der Waals surface area (Å²) in [6.07, 6.45) is 0.641. The van der Waals surface area contributed by atoms with Crippen molar-refractivity contribution in [2.24, 2.45) is 5.10 Å². The Bertz CT molecular complexity index is 1400. The van der Waals surface area contributed by atoms with Crippen molar-refractivity contribution >= 4 is 34.0 Å². The molecule has 4 aromatic carbocycles. The van der Waals surface area contributed by atoms with Gasteiger partial charge in [-0.2, -0.15) is 5.10 Å². The summed E-state index contributed by atoms with van der Waals surface area (Å²) in [7, 11) is 1.35. The zero-order chi connectivity index (χ0) is 24.2. The van der Waals surface area contributed by atoms with Crippen LogP contribution >= 0.6 is 0 Å². The third-order valence-corrected chi connectivity index (χ3v) is 6.18. The van der Waals surface area contributed by atoms with Crippen molar-refractivity contribution < 1.29 is 14.3 Å². The van der Waals surface area contributed by atoms with E-state index in [-0.39, 0.29) is 18.5 Å². The third kappa shape index (κ3) is 4.77. The van der Waals surface area contributed by atoms with Crippen LogP contribution in [0.3, 0.4) is 0 Å². The summed E-state index contributed by atoms with van der Waals surface area (Å²) in [6.45, 7) is 0.0788. The fourth-order valence-corrected chi connectivity index (χ4v) is 4.32. The van der Waals surface area contributed by atoms with E-state index in [2.05, 4.69) is 35.6 Å². The molecule has 1 amide bonds. The number of amides is 1. The molecule has 5 rings (SSSR count). The number of nitrogens with zero attached hydrogens (tertiary/aromatic N) is 2. The van der Waals surface area contributed by atoms with Crippen LogP contribution in [0, 0.1) is 0 Å². The summed E-state index contributed by atoms with van der Waals surface area (Å²) in [5.41, 5.74) is 4.15. The van der Waals surface area contributed by atoms with E-state index in [9.17, 15) is 9.59 Å². The fourth-order valence-electron chi connectivity index (χ4n) is 4.32. The maximum absolute atomic E-state index is 13.3. The minimum atomic E-state index is -0.397. The molecule has 0 aliphatic carbocycles. The van der Waals surface area contributed by atoms with E-state index in [0.29, 0.717) is 12.0 Å². The van der Waals surface area contributed by atoms with E-state index in [1.165, 1.54) is 12.5 Å². The number of rotatable bonds is 6. The maximum atomic E-state index is 13.3. The van der Waals surface area contributed by atoms with E-state index in [1.807, 2.05) is 42.5 Å². The largest absolute Gasteiger partial charge is 0.465 e. The number of hydrazone groups is 1. The van der Waals surface area contributed by atoms with Crippen LogP contribution in [0.5, 0.6) is 0 Å². The van der Waals surface area contributed by atoms with Gasteiger partial charge >= 0.3 is 5.97 Å². The van der Waals surface area contributed by atoms with Gasteiger partial charge in [0.2, 0.25) is 0 Å². The predicted octanol–water partition coefficient (Wildman–Crippen LogP) is 5.42. The summed E-state index contributed by atoms with van der Waals surface area (Å²) >= 11 is 0. The zero-order valence-electron chi connectivity index (χ0n) is 19.3. The quantitative estimate of drug-likeness (QED) is 0.388. The first kappa shape index (κ1) is 22.3. The standard InChI is InChI=1S/C29H25N3O3/c1-35-29(34)22-13-15-25(16-14-22)30-19-28(33)32-27(21-8-3-2-4-9-21)18-26(31-32)24-12-11-20-7-5-6-10-23(20)17-24/h2-17,27,30H,18-19H2,1H3/t27-/m0/s1. The van der Waals surface area contributed by atoms with Gasteiger partial charge in [0.25, 0.3) is 5.91 Å². The van der Waals surface area contributed by atoms with Crippen LogP contribution in [-0.2, 0) is 9.53 Å². The van der Waals surface area contributed by atoms with Crippen molar-refractivity contribution in [2.75, 3.05) is 19.0 Å². The minimum Gasteiger partial charge on any atom is -0.465 e. The first-order chi connectivity index (χ1) is 17.1. The van der Waals surface area contributed by atoms with Gasteiger partial charge in [0, 0.05) is 12.1 Å². The number of methoxy groups -OCH3 is 1. The molecule has 0 aromatic heterocycles. The molecule has 1 heterocycles. The molecule has 1 N–H and O–H groups in total. The van der Waals surface area contributed by atoms with Crippen LogP contribution in [0.4, 0.5) is 5.69 Å². The second-order valence-corrected chi connectivity index (χ2v) is 8.40. The number of anilines is 1. The highest BCUT2D eigenvalue weighted by atomic mass is 16.5. The van der Waals surface area contributed by atoms with Crippen LogP contribution in [0.2, 0.25) is 0 Å². The zero-order valence-corrected chi connectivity index (χ0v) is 19.3. The highest BCUT2D eigenvalue weighted by Crippen LogP contribution is 2.33. The van der Waals surface area contributed by atoms with Gasteiger partial charge in [0.1, 0.15) is 0 Å². The lowest BCUT2D eigenvalue weighted by Gasteiger charge is -2.22. The Hall–Kier alpha value is -4.45. The molecule has 0 fully saturated rings. The van der Waals surface area contributed by atoms with Gasteiger partial charge in [-0.25, -0.2) is 9.80 Å². The number of hydrogen-bond acceptors (Lipinski definition) is 5. The van der Waals surface area contributed by atoms with Crippen molar-refractivity contribution in [1.29, 1.82) is 0 Å². The topological polar surface area (TPSA) is 71.0 Å². The molecule has 174 valence electrons. The molecule has 1 aliphatic rings. The summed E-state index contributed by atoms with van der Waals surface area (Å²) in [5.74, 6) is -0.530. The molecule has 1 aliphatic heterocycles. The lowest BCUT2D eigenvalue weighted by atomic mass is 9.97. The summed E-state index contributed by atoms with van der Waals surface area (Å²) in [4.78, 5) is 24.9. The second kappa shape index (κ2) is 9.81. The van der Waals surface area contributed by atoms with Crippen molar-refractivity contribution in [3.8, 4) is 0 Å². The molecular formula is C29H25N3O3. The van der Waals surface area contributed by atoms with Gasteiger partial charge in [-0.1, -0.05) is 66.7 Å². The Kier molecular flexibility index (Phi) is 6.26. The number of hydrogen-bond donors (Lipinski definition) is 1. The molecule has 4 aromatic rings. The molecule has 6 nitrogen and oxygen atoms in total. The predicted molar refractivity (Wildman–Crippen MR) is 137 cm³/mol. The van der Waals surface area contributed by atoms with E-state index >= 15 is 0 Å². The van der Waals surface area contributed by atoms with E-state index in [1.54, 1.807) is 29.3 Å². The van der Waals surface area contributed by atoms with Crippen LogP contribution in [0.25, 0.3) is 10.8 Å². The lowest BCUT2D eigenvalue weighted by molar-refractivity contribution is -0.131. The van der Waals surface area contributed by atoms with Crippen LogP contribution in [0.15, 0.2) is 102 Å². The van der Waals surface area contributed by atoms with Gasteiger partial charge < -0.3 is 10.1 Å². The molecular weight excluding hydrogens is 438 g/mol. The summed E-state index contributed by atoms with van der Waals surface area (Å²) in [6, 6.07) is 31.2. The van der Waals surface area contributed by atoms with Crippen molar-refractivity contribution in [3.05, 3.63) is 114 Å². The highest BCUT2D eigenvalue weighted by Gasteiger charge is 2.32. The molecule has 1 atom stereocenters. The Morgan fingerprint density at radius 3 is 2.37 bits per heavy atom. The third-order valence-electron chi connectivity index (χ3n) is 6.18. The Labute approximate surface area is 203 Å². The van der Waals surface area contributed by atoms with Crippen molar-refractivity contribution in [2.45, 2.75) is 12.5 Å². The average Bonchev–Trinajstić information content (AvgIpc) is 3.37. The van der Waals surface area contributed by atoms with Crippen LogP contribution in [-0.4, -0.2) is 36.3 Å². The fraction of sp³-hybridized carbons (Fsp3) is 0.138. The number of nitrogens with one attached hydrogen (secondary N) is 1. The number of esters is 1. The molecule has 0 spiro atoms. The Morgan fingerprint density at radius 2 is 1.63 bits per heavy atom. The van der Waals surface area contributed by atoms with Crippen LogP contribution in [0.1, 0.15) is 33.9 Å². The highest BCUT2D eigenvalue weighted by molar-refractivity contribution is 6.05. The maximum Gasteiger partial charge on any atom is 0.337 e. The first-order valence-electron chi connectivity index (χ1n) is 11.5. The molecule has 0 radical (unpaired) electrons. The van der Waals surface area contributed by atoms with Gasteiger partial charge in [-0.05, 0) is 52.2 Å². The van der Waals surface area contributed by atoms with Crippen molar-refractivity contribution in [3.63, 3.8) is 0 Å². The molecule has 0 saturated carbocycles.